The standard InChI is InChI=1S/C25H27FN4O3/c1-15-19(5-6-21(26)24(15)27-2)22-12-30-8-7-29(11-18(30)10-28-22)13-23(31)16-3-4-20-17(9-16)14-33-25(20)32/h3-6,9,18,22-23,28,31H,7-8,10-14H2,1H3/t18-,22+,23-/m0/s1. The predicted molar refractivity (Wildman–Crippen MR) is 120 cm³/mol. The number of ether oxygens (including phenoxy) is 1. The number of esters is 1. The van der Waals surface area contributed by atoms with Gasteiger partial charge in [-0.1, -0.05) is 12.1 Å². The maximum Gasteiger partial charge on any atom is 0.338 e. The first-order chi connectivity index (χ1) is 15.9. The quantitative estimate of drug-likeness (QED) is 0.552. The third-order valence-electron chi connectivity index (χ3n) is 7.14. The molecule has 0 aliphatic carbocycles. The zero-order valence-corrected chi connectivity index (χ0v) is 18.6. The maximum absolute atomic E-state index is 13.9. The molecule has 3 atom stereocenters. The Kier molecular flexibility index (Phi) is 5.89. The summed E-state index contributed by atoms with van der Waals surface area (Å²) < 4.78 is 19.0. The fourth-order valence-corrected chi connectivity index (χ4v) is 5.25. The second-order valence-electron chi connectivity index (χ2n) is 9.10. The summed E-state index contributed by atoms with van der Waals surface area (Å²) in [6, 6.07) is 8.99. The molecule has 8 heteroatoms. The molecular formula is C25H27FN4O3. The van der Waals surface area contributed by atoms with Crippen LogP contribution in [0.25, 0.3) is 4.85 Å². The van der Waals surface area contributed by atoms with Crippen molar-refractivity contribution in [3.63, 3.8) is 0 Å². The lowest BCUT2D eigenvalue weighted by molar-refractivity contribution is 0.0188. The highest BCUT2D eigenvalue weighted by atomic mass is 19.1. The van der Waals surface area contributed by atoms with E-state index in [2.05, 4.69) is 20.0 Å². The molecule has 2 fully saturated rings. The summed E-state index contributed by atoms with van der Waals surface area (Å²) in [4.78, 5) is 19.7. The Labute approximate surface area is 192 Å². The highest BCUT2D eigenvalue weighted by Crippen LogP contribution is 2.32. The van der Waals surface area contributed by atoms with Gasteiger partial charge >= 0.3 is 5.97 Å². The molecule has 0 aromatic heterocycles. The van der Waals surface area contributed by atoms with Gasteiger partial charge in [-0.15, -0.1) is 0 Å². The molecule has 7 nitrogen and oxygen atoms in total. The van der Waals surface area contributed by atoms with Crippen molar-refractivity contribution in [1.82, 2.24) is 15.1 Å². The molecule has 2 N–H and O–H groups in total. The molecule has 0 bridgehead atoms. The number of carbonyl (C=O) groups excluding carboxylic acids is 1. The molecule has 0 amide bonds. The van der Waals surface area contributed by atoms with Gasteiger partial charge in [0.25, 0.3) is 0 Å². The number of hydrogen-bond donors (Lipinski definition) is 2. The normalized spacial score (nSPS) is 24.0. The van der Waals surface area contributed by atoms with Gasteiger partial charge in [0.2, 0.25) is 5.69 Å². The van der Waals surface area contributed by atoms with Crippen molar-refractivity contribution in [2.75, 3.05) is 39.3 Å². The van der Waals surface area contributed by atoms with E-state index in [1.165, 1.54) is 6.07 Å². The Morgan fingerprint density at radius 2 is 2.15 bits per heavy atom. The maximum atomic E-state index is 13.9. The van der Waals surface area contributed by atoms with Crippen LogP contribution in [0.4, 0.5) is 10.1 Å². The third kappa shape index (κ3) is 4.13. The number of hydrogen-bond acceptors (Lipinski definition) is 6. The molecule has 2 aromatic carbocycles. The summed E-state index contributed by atoms with van der Waals surface area (Å²) in [6.07, 6.45) is -0.629. The van der Waals surface area contributed by atoms with Crippen molar-refractivity contribution in [2.24, 2.45) is 0 Å². The van der Waals surface area contributed by atoms with E-state index >= 15 is 0 Å². The van der Waals surface area contributed by atoms with Crippen molar-refractivity contribution in [1.29, 1.82) is 0 Å². The predicted octanol–water partition coefficient (Wildman–Crippen LogP) is 2.72. The van der Waals surface area contributed by atoms with E-state index in [9.17, 15) is 14.3 Å². The molecule has 3 aliphatic heterocycles. The van der Waals surface area contributed by atoms with E-state index in [-0.39, 0.29) is 24.3 Å². The van der Waals surface area contributed by atoms with Gasteiger partial charge in [-0.3, -0.25) is 9.80 Å². The van der Waals surface area contributed by atoms with Crippen molar-refractivity contribution >= 4 is 11.7 Å². The first-order valence-electron chi connectivity index (χ1n) is 11.3. The zero-order valence-electron chi connectivity index (χ0n) is 18.6. The van der Waals surface area contributed by atoms with Gasteiger partial charge in [0.1, 0.15) is 12.4 Å². The van der Waals surface area contributed by atoms with E-state index < -0.39 is 11.9 Å². The monoisotopic (exact) mass is 450 g/mol. The number of carbonyl (C=O) groups is 1. The number of rotatable bonds is 4. The van der Waals surface area contributed by atoms with E-state index in [0.717, 1.165) is 49.4 Å². The van der Waals surface area contributed by atoms with Gasteiger partial charge < -0.3 is 15.2 Å². The Bertz CT molecular complexity index is 1130. The fraction of sp³-hybridized carbons (Fsp3) is 0.440. The number of piperazine rings is 2. The van der Waals surface area contributed by atoms with Crippen LogP contribution in [0.2, 0.25) is 0 Å². The molecule has 5 rings (SSSR count). The number of β-amino-alcohol motifs (C(OH)–C–C–N with tert-alkyl or cyclic N) is 1. The zero-order chi connectivity index (χ0) is 23.1. The number of aliphatic hydroxyl groups excluding tert-OH is 1. The third-order valence-corrected chi connectivity index (χ3v) is 7.14. The largest absolute Gasteiger partial charge is 0.457 e. The average Bonchev–Trinajstić information content (AvgIpc) is 3.19. The van der Waals surface area contributed by atoms with Gasteiger partial charge in [0.05, 0.1) is 18.2 Å². The molecule has 0 unspecified atom stereocenters. The molecule has 172 valence electrons. The van der Waals surface area contributed by atoms with Crippen molar-refractivity contribution in [2.45, 2.75) is 31.7 Å². The van der Waals surface area contributed by atoms with Crippen LogP contribution >= 0.6 is 0 Å². The van der Waals surface area contributed by atoms with Gasteiger partial charge in [-0.05, 0) is 41.8 Å². The summed E-state index contributed by atoms with van der Waals surface area (Å²) in [7, 11) is 0. The first-order valence-corrected chi connectivity index (χ1v) is 11.3. The fourth-order valence-electron chi connectivity index (χ4n) is 5.25. The number of halogens is 1. The first kappa shape index (κ1) is 22.0. The second-order valence-corrected chi connectivity index (χ2v) is 9.10. The highest BCUT2D eigenvalue weighted by molar-refractivity contribution is 5.93. The molecular weight excluding hydrogens is 423 g/mol. The van der Waals surface area contributed by atoms with Crippen LogP contribution in [0.1, 0.15) is 44.8 Å². The minimum absolute atomic E-state index is 0.0656. The van der Waals surface area contributed by atoms with Gasteiger partial charge in [0.15, 0.2) is 0 Å². The molecule has 0 saturated carbocycles. The van der Waals surface area contributed by atoms with Crippen LogP contribution in [0, 0.1) is 19.3 Å². The van der Waals surface area contributed by atoms with Crippen LogP contribution in [-0.2, 0) is 11.3 Å². The van der Waals surface area contributed by atoms with Gasteiger partial charge in [-0.25, -0.2) is 14.0 Å². The van der Waals surface area contributed by atoms with Gasteiger partial charge in [-0.2, -0.15) is 0 Å². The molecule has 2 aromatic rings. The van der Waals surface area contributed by atoms with E-state index in [1.807, 2.05) is 19.1 Å². The molecule has 2 saturated heterocycles. The molecule has 0 spiro atoms. The van der Waals surface area contributed by atoms with Crippen LogP contribution in [0.3, 0.4) is 0 Å². The molecule has 0 radical (unpaired) electrons. The molecule has 3 aliphatic rings. The summed E-state index contributed by atoms with van der Waals surface area (Å²) in [6.45, 7) is 14.1. The number of nitrogens with zero attached hydrogens (tertiary/aromatic N) is 3. The number of aliphatic hydroxyl groups is 1. The lowest BCUT2D eigenvalue weighted by Gasteiger charge is -2.47. The Morgan fingerprint density at radius 1 is 1.30 bits per heavy atom. The number of cyclic esters (lactones) is 1. The van der Waals surface area contributed by atoms with Crippen LogP contribution < -0.4 is 5.32 Å². The van der Waals surface area contributed by atoms with Crippen molar-refractivity contribution < 1.29 is 19.0 Å². The summed E-state index contributed by atoms with van der Waals surface area (Å²) >= 11 is 0. The minimum Gasteiger partial charge on any atom is -0.457 e. The van der Waals surface area contributed by atoms with E-state index in [1.54, 1.807) is 12.1 Å². The average molecular weight is 451 g/mol. The summed E-state index contributed by atoms with van der Waals surface area (Å²) in [5.41, 5.74) is 4.03. The van der Waals surface area contributed by atoms with Crippen molar-refractivity contribution in [3.8, 4) is 0 Å². The van der Waals surface area contributed by atoms with E-state index in [0.29, 0.717) is 23.7 Å². The number of nitrogens with one attached hydrogen (secondary N) is 1. The lowest BCUT2D eigenvalue weighted by Crippen LogP contribution is -2.62. The minimum atomic E-state index is -0.629. The van der Waals surface area contributed by atoms with Crippen molar-refractivity contribution in [3.05, 3.63) is 75.4 Å². The lowest BCUT2D eigenvalue weighted by atomic mass is 9.95. The second kappa shape index (κ2) is 8.84. The van der Waals surface area contributed by atoms with Gasteiger partial charge in [0, 0.05) is 56.9 Å². The Balaban J connectivity index is 1.21. The summed E-state index contributed by atoms with van der Waals surface area (Å²) in [5, 5.41) is 14.4. The highest BCUT2D eigenvalue weighted by Gasteiger charge is 2.34. The van der Waals surface area contributed by atoms with Crippen LogP contribution in [-0.4, -0.2) is 66.2 Å². The number of fused-ring (bicyclic) bond motifs is 2. The topological polar surface area (TPSA) is 69.4 Å². The number of benzene rings is 2. The Morgan fingerprint density at radius 3 is 2.97 bits per heavy atom. The molecule has 33 heavy (non-hydrogen) atoms. The summed E-state index contributed by atoms with van der Waals surface area (Å²) in [5.74, 6) is -0.763. The Hall–Kier alpha value is -2.83. The van der Waals surface area contributed by atoms with E-state index in [4.69, 9.17) is 11.3 Å². The smallest absolute Gasteiger partial charge is 0.338 e. The van der Waals surface area contributed by atoms with Crippen LogP contribution in [0.5, 0.6) is 0 Å². The SMILES string of the molecule is [C-]#[N+]c1c(F)ccc([C@H]2CN3CCN(C[C@H](O)c4ccc5c(c4)COC5=O)C[C@@H]3CN2)c1C. The van der Waals surface area contributed by atoms with Crippen LogP contribution in [0.15, 0.2) is 30.3 Å². The molecule has 3 heterocycles.